The average molecular weight is 303 g/mol. The smallest absolute Gasteiger partial charge is 0.132 e. The lowest BCUT2D eigenvalue weighted by Gasteiger charge is -2.15. The Balaban J connectivity index is 2.26. The summed E-state index contributed by atoms with van der Waals surface area (Å²) in [5.41, 5.74) is 2.14. The zero-order valence-electron chi connectivity index (χ0n) is 12.0. The lowest BCUT2D eigenvalue weighted by atomic mass is 10.1. The molecule has 1 aliphatic carbocycles. The monoisotopic (exact) mass is 302 g/mol. The van der Waals surface area contributed by atoms with Crippen LogP contribution >= 0.6 is 23.2 Å². The van der Waals surface area contributed by atoms with Crippen molar-refractivity contribution in [3.8, 4) is 0 Å². The predicted octanol–water partition coefficient (Wildman–Crippen LogP) is 5.37. The Morgan fingerprint density at radius 2 is 1.84 bits per heavy atom. The fourth-order valence-electron chi connectivity index (χ4n) is 2.92. The maximum atomic E-state index is 6.52. The summed E-state index contributed by atoms with van der Waals surface area (Å²) in [5.74, 6) is 1.05. The van der Waals surface area contributed by atoms with Crippen molar-refractivity contribution in [1.82, 2.24) is 9.78 Å². The zero-order chi connectivity index (χ0) is 13.8. The van der Waals surface area contributed by atoms with Crippen molar-refractivity contribution < 1.29 is 0 Å². The first-order valence-corrected chi connectivity index (χ1v) is 8.36. The van der Waals surface area contributed by atoms with Gasteiger partial charge in [0.2, 0.25) is 0 Å². The SMILES string of the molecule is CC(C)Cc1nn(C2CCCCCC2)c(Cl)c1CCl. The molecule has 0 aromatic carbocycles. The standard InChI is InChI=1S/C15H24Cl2N2/c1-11(2)9-14-13(10-16)15(17)19(18-14)12-7-5-3-4-6-8-12/h11-12H,3-10H2,1-2H3. The molecule has 0 atom stereocenters. The quantitative estimate of drug-likeness (QED) is 0.540. The molecule has 4 heteroatoms. The Labute approximate surface area is 126 Å². The molecule has 1 heterocycles. The van der Waals surface area contributed by atoms with Crippen LogP contribution in [0.1, 0.15) is 69.7 Å². The molecule has 1 aliphatic rings. The highest BCUT2D eigenvalue weighted by atomic mass is 35.5. The van der Waals surface area contributed by atoms with Crippen LogP contribution in [0.5, 0.6) is 0 Å². The Morgan fingerprint density at radius 3 is 2.37 bits per heavy atom. The highest BCUT2D eigenvalue weighted by Gasteiger charge is 2.22. The molecule has 0 spiro atoms. The van der Waals surface area contributed by atoms with Gasteiger partial charge in [0.1, 0.15) is 5.15 Å². The topological polar surface area (TPSA) is 17.8 Å². The Kier molecular flexibility index (Phi) is 5.58. The van der Waals surface area contributed by atoms with Crippen molar-refractivity contribution in [2.75, 3.05) is 0 Å². The van der Waals surface area contributed by atoms with Crippen molar-refractivity contribution in [2.24, 2.45) is 5.92 Å². The van der Waals surface area contributed by atoms with Crippen LogP contribution in [0, 0.1) is 5.92 Å². The molecule has 0 N–H and O–H groups in total. The van der Waals surface area contributed by atoms with Crippen molar-refractivity contribution in [2.45, 2.75) is 70.7 Å². The minimum atomic E-state index is 0.466. The maximum absolute atomic E-state index is 6.52. The number of halogens is 2. The number of hydrogen-bond acceptors (Lipinski definition) is 1. The third-order valence-electron chi connectivity index (χ3n) is 3.93. The van der Waals surface area contributed by atoms with E-state index in [2.05, 4.69) is 18.5 Å². The van der Waals surface area contributed by atoms with E-state index in [1.54, 1.807) is 0 Å². The first-order valence-electron chi connectivity index (χ1n) is 7.45. The predicted molar refractivity (Wildman–Crippen MR) is 82.1 cm³/mol. The van der Waals surface area contributed by atoms with Crippen molar-refractivity contribution in [3.05, 3.63) is 16.4 Å². The molecule has 0 unspecified atom stereocenters. The normalized spacial score (nSPS) is 17.9. The van der Waals surface area contributed by atoms with Crippen LogP contribution in [-0.2, 0) is 12.3 Å². The van der Waals surface area contributed by atoms with E-state index in [9.17, 15) is 0 Å². The molecule has 2 nitrogen and oxygen atoms in total. The van der Waals surface area contributed by atoms with Crippen LogP contribution in [0.3, 0.4) is 0 Å². The lowest BCUT2D eigenvalue weighted by Crippen LogP contribution is -2.10. The summed E-state index contributed by atoms with van der Waals surface area (Å²) in [6.45, 7) is 4.41. The minimum Gasteiger partial charge on any atom is -0.250 e. The molecule has 0 bridgehead atoms. The van der Waals surface area contributed by atoms with Gasteiger partial charge >= 0.3 is 0 Å². The summed E-state index contributed by atoms with van der Waals surface area (Å²) in [5, 5.41) is 5.56. The van der Waals surface area contributed by atoms with Crippen molar-refractivity contribution in [1.29, 1.82) is 0 Å². The van der Waals surface area contributed by atoms with Gasteiger partial charge in [-0.25, -0.2) is 0 Å². The fraction of sp³-hybridized carbons (Fsp3) is 0.800. The lowest BCUT2D eigenvalue weighted by molar-refractivity contribution is 0.402. The summed E-state index contributed by atoms with van der Waals surface area (Å²) in [4.78, 5) is 0. The largest absolute Gasteiger partial charge is 0.250 e. The average Bonchev–Trinajstić information content (AvgIpc) is 2.58. The van der Waals surface area contributed by atoms with Gasteiger partial charge in [0.25, 0.3) is 0 Å². The molecule has 1 saturated carbocycles. The van der Waals surface area contributed by atoms with Crippen LogP contribution in [0.4, 0.5) is 0 Å². The van der Waals surface area contributed by atoms with Gasteiger partial charge < -0.3 is 0 Å². The highest BCUT2D eigenvalue weighted by Crippen LogP contribution is 2.33. The van der Waals surface area contributed by atoms with Gasteiger partial charge in [0, 0.05) is 5.56 Å². The van der Waals surface area contributed by atoms with Crippen LogP contribution in [0.25, 0.3) is 0 Å². The van der Waals surface area contributed by atoms with E-state index in [1.165, 1.54) is 38.5 Å². The number of nitrogens with zero attached hydrogens (tertiary/aromatic N) is 2. The molecule has 0 radical (unpaired) electrons. The minimum absolute atomic E-state index is 0.466. The van der Waals surface area contributed by atoms with E-state index in [1.807, 2.05) is 0 Å². The summed E-state index contributed by atoms with van der Waals surface area (Å²) in [6.07, 6.45) is 8.62. The fourth-order valence-corrected chi connectivity index (χ4v) is 3.62. The molecule has 19 heavy (non-hydrogen) atoms. The summed E-state index contributed by atoms with van der Waals surface area (Å²) in [6, 6.07) is 0.470. The molecule has 0 saturated heterocycles. The Hall–Kier alpha value is -0.210. The van der Waals surface area contributed by atoms with Gasteiger partial charge in [0.05, 0.1) is 17.6 Å². The van der Waals surface area contributed by atoms with Gasteiger partial charge in [-0.1, -0.05) is 51.1 Å². The molecular weight excluding hydrogens is 279 g/mol. The first-order chi connectivity index (χ1) is 9.13. The van der Waals surface area contributed by atoms with Crippen molar-refractivity contribution >= 4 is 23.2 Å². The molecule has 0 aliphatic heterocycles. The van der Waals surface area contributed by atoms with E-state index in [-0.39, 0.29) is 0 Å². The second kappa shape index (κ2) is 6.99. The van der Waals surface area contributed by atoms with Gasteiger partial charge in [-0.15, -0.1) is 11.6 Å². The van der Waals surface area contributed by atoms with E-state index in [0.29, 0.717) is 17.8 Å². The van der Waals surface area contributed by atoms with Gasteiger partial charge in [-0.2, -0.15) is 5.10 Å². The molecule has 1 aromatic heterocycles. The first kappa shape index (κ1) is 15.2. The molecular formula is C15H24Cl2N2. The number of alkyl halides is 1. The summed E-state index contributed by atoms with van der Waals surface area (Å²) in [7, 11) is 0. The Morgan fingerprint density at radius 1 is 1.21 bits per heavy atom. The second-order valence-corrected chi connectivity index (χ2v) is 6.66. The molecule has 108 valence electrons. The highest BCUT2D eigenvalue weighted by molar-refractivity contribution is 6.31. The van der Waals surface area contributed by atoms with E-state index >= 15 is 0 Å². The third kappa shape index (κ3) is 3.66. The van der Waals surface area contributed by atoms with Crippen LogP contribution in [-0.4, -0.2) is 9.78 Å². The third-order valence-corrected chi connectivity index (χ3v) is 4.60. The molecule has 2 rings (SSSR count). The van der Waals surface area contributed by atoms with Crippen LogP contribution in [0.15, 0.2) is 0 Å². The van der Waals surface area contributed by atoms with E-state index in [0.717, 1.165) is 22.8 Å². The van der Waals surface area contributed by atoms with Gasteiger partial charge in [-0.3, -0.25) is 4.68 Å². The van der Waals surface area contributed by atoms with Gasteiger partial charge in [-0.05, 0) is 25.2 Å². The van der Waals surface area contributed by atoms with Crippen LogP contribution < -0.4 is 0 Å². The second-order valence-electron chi connectivity index (χ2n) is 6.04. The summed E-state index contributed by atoms with van der Waals surface area (Å²) >= 11 is 12.6. The summed E-state index contributed by atoms with van der Waals surface area (Å²) < 4.78 is 2.06. The number of aromatic nitrogens is 2. The Bertz CT molecular complexity index is 405. The van der Waals surface area contributed by atoms with Gasteiger partial charge in [0.15, 0.2) is 0 Å². The number of rotatable bonds is 4. The van der Waals surface area contributed by atoms with E-state index < -0.39 is 0 Å². The van der Waals surface area contributed by atoms with E-state index in [4.69, 9.17) is 28.3 Å². The maximum Gasteiger partial charge on any atom is 0.132 e. The molecule has 1 aromatic rings. The number of hydrogen-bond donors (Lipinski definition) is 0. The molecule has 1 fully saturated rings. The molecule has 0 amide bonds. The zero-order valence-corrected chi connectivity index (χ0v) is 13.5. The van der Waals surface area contributed by atoms with Crippen LogP contribution in [0.2, 0.25) is 5.15 Å². The van der Waals surface area contributed by atoms with Crippen molar-refractivity contribution in [3.63, 3.8) is 0 Å².